The number of rotatable bonds is 8. The second-order valence-corrected chi connectivity index (χ2v) is 7.60. The lowest BCUT2D eigenvalue weighted by molar-refractivity contribution is 0.0477. The average molecular weight is 335 g/mol. The van der Waals surface area contributed by atoms with Gasteiger partial charge in [0.05, 0.1) is 6.10 Å². The molecule has 136 valence electrons. The minimum atomic E-state index is 0.212. The van der Waals surface area contributed by atoms with Crippen LogP contribution in [0.2, 0.25) is 0 Å². The standard InChI is InChI=1S/C20H34N2O2/c1-16(2)13-22-11-10-21(15-19(22)9-12-23)14-18-5-7-20(8-6-18)24-17(3)4/h5-8,16-17,19,23H,9-15H2,1-4H3. The Bertz CT molecular complexity index is 473. The van der Waals surface area contributed by atoms with Gasteiger partial charge in [-0.2, -0.15) is 0 Å². The molecule has 1 unspecified atom stereocenters. The Morgan fingerprint density at radius 2 is 1.83 bits per heavy atom. The molecule has 1 atom stereocenters. The summed E-state index contributed by atoms with van der Waals surface area (Å²) in [5, 5.41) is 9.39. The number of piperazine rings is 1. The first-order chi connectivity index (χ1) is 11.5. The van der Waals surface area contributed by atoms with Crippen molar-refractivity contribution in [2.45, 2.75) is 52.8 Å². The molecule has 1 N–H and O–H groups in total. The molecular weight excluding hydrogens is 300 g/mol. The summed E-state index contributed by atoms with van der Waals surface area (Å²) in [5.74, 6) is 1.61. The molecule has 0 saturated carbocycles. The lowest BCUT2D eigenvalue weighted by Crippen LogP contribution is -2.53. The summed E-state index contributed by atoms with van der Waals surface area (Å²) in [4.78, 5) is 5.06. The van der Waals surface area contributed by atoms with E-state index < -0.39 is 0 Å². The summed E-state index contributed by atoms with van der Waals surface area (Å²) in [5.41, 5.74) is 1.33. The molecule has 0 radical (unpaired) electrons. The van der Waals surface area contributed by atoms with Gasteiger partial charge in [-0.05, 0) is 43.9 Å². The fraction of sp³-hybridized carbons (Fsp3) is 0.700. The van der Waals surface area contributed by atoms with Crippen LogP contribution in [0.15, 0.2) is 24.3 Å². The molecule has 1 aliphatic rings. The zero-order valence-corrected chi connectivity index (χ0v) is 15.7. The Labute approximate surface area is 147 Å². The number of hydrogen-bond donors (Lipinski definition) is 1. The minimum absolute atomic E-state index is 0.212. The van der Waals surface area contributed by atoms with Crippen LogP contribution in [-0.2, 0) is 6.54 Å². The highest BCUT2D eigenvalue weighted by molar-refractivity contribution is 5.27. The fourth-order valence-corrected chi connectivity index (χ4v) is 3.44. The fourth-order valence-electron chi connectivity index (χ4n) is 3.44. The number of ether oxygens (including phenoxy) is 1. The molecule has 0 bridgehead atoms. The average Bonchev–Trinajstić information content (AvgIpc) is 2.51. The van der Waals surface area contributed by atoms with E-state index in [1.807, 2.05) is 13.8 Å². The highest BCUT2D eigenvalue weighted by Gasteiger charge is 2.26. The van der Waals surface area contributed by atoms with Gasteiger partial charge < -0.3 is 9.84 Å². The second-order valence-electron chi connectivity index (χ2n) is 7.60. The van der Waals surface area contributed by atoms with E-state index >= 15 is 0 Å². The van der Waals surface area contributed by atoms with Gasteiger partial charge >= 0.3 is 0 Å². The Morgan fingerprint density at radius 1 is 1.12 bits per heavy atom. The van der Waals surface area contributed by atoms with Gasteiger partial charge in [-0.15, -0.1) is 0 Å². The van der Waals surface area contributed by atoms with E-state index in [0.717, 1.165) is 44.9 Å². The summed E-state index contributed by atoms with van der Waals surface area (Å²) in [6.45, 7) is 14.2. The summed E-state index contributed by atoms with van der Waals surface area (Å²) >= 11 is 0. The second kappa shape index (κ2) is 9.40. The van der Waals surface area contributed by atoms with Gasteiger partial charge in [0.25, 0.3) is 0 Å². The predicted octanol–water partition coefficient (Wildman–Crippen LogP) is 3.00. The van der Waals surface area contributed by atoms with E-state index in [1.54, 1.807) is 0 Å². The number of benzene rings is 1. The SMILES string of the molecule is CC(C)CN1CCN(Cc2ccc(OC(C)C)cc2)CC1CCO. The zero-order valence-electron chi connectivity index (χ0n) is 15.7. The molecule has 1 fully saturated rings. The molecule has 24 heavy (non-hydrogen) atoms. The van der Waals surface area contributed by atoms with Gasteiger partial charge in [0.15, 0.2) is 0 Å². The van der Waals surface area contributed by atoms with Crippen molar-refractivity contribution < 1.29 is 9.84 Å². The van der Waals surface area contributed by atoms with Crippen molar-refractivity contribution in [1.29, 1.82) is 0 Å². The van der Waals surface area contributed by atoms with Gasteiger partial charge in [-0.1, -0.05) is 26.0 Å². The van der Waals surface area contributed by atoms with Crippen molar-refractivity contribution in [2.24, 2.45) is 5.92 Å². The summed E-state index contributed by atoms with van der Waals surface area (Å²) in [6, 6.07) is 8.93. The van der Waals surface area contributed by atoms with Crippen molar-refractivity contribution in [3.63, 3.8) is 0 Å². The molecule has 0 amide bonds. The van der Waals surface area contributed by atoms with Crippen molar-refractivity contribution in [3.8, 4) is 5.75 Å². The maximum Gasteiger partial charge on any atom is 0.119 e. The summed E-state index contributed by atoms with van der Waals surface area (Å²) in [6.07, 6.45) is 1.08. The number of nitrogens with zero attached hydrogens (tertiary/aromatic N) is 2. The van der Waals surface area contributed by atoms with Gasteiger partial charge in [-0.3, -0.25) is 9.80 Å². The van der Waals surface area contributed by atoms with Crippen molar-refractivity contribution >= 4 is 0 Å². The lowest BCUT2D eigenvalue weighted by atomic mass is 10.1. The smallest absolute Gasteiger partial charge is 0.119 e. The molecule has 2 rings (SSSR count). The van der Waals surface area contributed by atoms with Crippen LogP contribution in [0.1, 0.15) is 39.7 Å². The normalized spacial score (nSPS) is 20.0. The van der Waals surface area contributed by atoms with E-state index in [0.29, 0.717) is 12.0 Å². The van der Waals surface area contributed by atoms with Crippen LogP contribution in [0.4, 0.5) is 0 Å². The van der Waals surface area contributed by atoms with Gasteiger partial charge in [0.2, 0.25) is 0 Å². The Kier molecular flexibility index (Phi) is 7.53. The van der Waals surface area contributed by atoms with Crippen LogP contribution < -0.4 is 4.74 Å². The van der Waals surface area contributed by atoms with Gasteiger partial charge in [0.1, 0.15) is 5.75 Å². The molecule has 1 saturated heterocycles. The summed E-state index contributed by atoms with van der Waals surface area (Å²) in [7, 11) is 0. The first-order valence-electron chi connectivity index (χ1n) is 9.30. The minimum Gasteiger partial charge on any atom is -0.491 e. The maximum absolute atomic E-state index is 9.39. The van der Waals surface area contributed by atoms with Crippen LogP contribution in [0.3, 0.4) is 0 Å². The van der Waals surface area contributed by atoms with Gasteiger partial charge in [-0.25, -0.2) is 0 Å². The lowest BCUT2D eigenvalue weighted by Gasteiger charge is -2.42. The Balaban J connectivity index is 1.91. The largest absolute Gasteiger partial charge is 0.491 e. The maximum atomic E-state index is 9.39. The van der Waals surface area contributed by atoms with Crippen LogP contribution in [-0.4, -0.2) is 59.8 Å². The molecule has 0 aliphatic carbocycles. The molecule has 1 heterocycles. The monoisotopic (exact) mass is 334 g/mol. The molecule has 1 aromatic carbocycles. The first kappa shape index (κ1) is 19.2. The third-order valence-corrected chi connectivity index (χ3v) is 4.45. The highest BCUT2D eigenvalue weighted by Crippen LogP contribution is 2.19. The molecule has 4 nitrogen and oxygen atoms in total. The van der Waals surface area contributed by atoms with Crippen molar-refractivity contribution in [2.75, 3.05) is 32.8 Å². The first-order valence-corrected chi connectivity index (χ1v) is 9.30. The van der Waals surface area contributed by atoms with E-state index in [2.05, 4.69) is 47.9 Å². The molecule has 4 heteroatoms. The molecular formula is C20H34N2O2. The van der Waals surface area contributed by atoms with Gasteiger partial charge in [0, 0.05) is 45.4 Å². The zero-order chi connectivity index (χ0) is 17.5. The molecule has 1 aromatic rings. The van der Waals surface area contributed by atoms with Crippen LogP contribution >= 0.6 is 0 Å². The number of aliphatic hydroxyl groups excluding tert-OH is 1. The topological polar surface area (TPSA) is 35.9 Å². The van der Waals surface area contributed by atoms with Crippen LogP contribution in [0.5, 0.6) is 5.75 Å². The summed E-state index contributed by atoms with van der Waals surface area (Å²) < 4.78 is 5.71. The third-order valence-electron chi connectivity index (χ3n) is 4.45. The van der Waals surface area contributed by atoms with Crippen molar-refractivity contribution in [1.82, 2.24) is 9.80 Å². The number of hydrogen-bond acceptors (Lipinski definition) is 4. The van der Waals surface area contributed by atoms with E-state index in [1.165, 1.54) is 5.56 Å². The van der Waals surface area contributed by atoms with Crippen LogP contribution in [0, 0.1) is 5.92 Å². The van der Waals surface area contributed by atoms with E-state index in [9.17, 15) is 5.11 Å². The third kappa shape index (κ3) is 6.08. The Morgan fingerprint density at radius 3 is 2.42 bits per heavy atom. The Hall–Kier alpha value is -1.10. The highest BCUT2D eigenvalue weighted by atomic mass is 16.5. The molecule has 1 aliphatic heterocycles. The van der Waals surface area contributed by atoms with Crippen molar-refractivity contribution in [3.05, 3.63) is 29.8 Å². The van der Waals surface area contributed by atoms with E-state index in [-0.39, 0.29) is 12.7 Å². The predicted molar refractivity (Wildman–Crippen MR) is 99.4 cm³/mol. The quantitative estimate of drug-likeness (QED) is 0.793. The number of aliphatic hydroxyl groups is 1. The van der Waals surface area contributed by atoms with Crippen LogP contribution in [0.25, 0.3) is 0 Å². The van der Waals surface area contributed by atoms with E-state index in [4.69, 9.17) is 4.74 Å². The molecule has 0 spiro atoms. The molecule has 0 aromatic heterocycles.